The second kappa shape index (κ2) is 5.64. The number of carbonyl (C=O) groups excluding carboxylic acids is 2. The van der Waals surface area contributed by atoms with Gasteiger partial charge in [0.15, 0.2) is 0 Å². The molecule has 0 atom stereocenters. The zero-order chi connectivity index (χ0) is 12.8. The van der Waals surface area contributed by atoms with E-state index in [0.29, 0.717) is 17.8 Å². The van der Waals surface area contributed by atoms with Crippen molar-refractivity contribution in [2.24, 2.45) is 0 Å². The predicted molar refractivity (Wildman–Crippen MR) is 58.8 cm³/mol. The molecule has 0 aromatic heterocycles. The lowest BCUT2D eigenvalue weighted by Gasteiger charge is -2.14. The summed E-state index contributed by atoms with van der Waals surface area (Å²) in [6.07, 6.45) is 0.426. The number of carbonyl (C=O) groups is 3. The van der Waals surface area contributed by atoms with Gasteiger partial charge in [-0.3, -0.25) is 14.4 Å². The van der Waals surface area contributed by atoms with Crippen molar-refractivity contribution < 1.29 is 24.2 Å². The van der Waals surface area contributed by atoms with Crippen molar-refractivity contribution >= 4 is 24.0 Å². The smallest absolute Gasteiger partial charge is 0.323 e. The first-order chi connectivity index (χ1) is 8.02. The van der Waals surface area contributed by atoms with E-state index in [0.717, 1.165) is 4.90 Å². The van der Waals surface area contributed by atoms with Gasteiger partial charge in [0.05, 0.1) is 0 Å². The molecule has 6 nitrogen and oxygen atoms in total. The first-order valence-electron chi connectivity index (χ1n) is 4.75. The van der Waals surface area contributed by atoms with Crippen LogP contribution in [0.3, 0.4) is 0 Å². The number of benzene rings is 1. The van der Waals surface area contributed by atoms with Crippen molar-refractivity contribution in [3.05, 3.63) is 24.3 Å². The van der Waals surface area contributed by atoms with E-state index in [-0.39, 0.29) is 0 Å². The summed E-state index contributed by atoms with van der Waals surface area (Å²) in [6.45, 7) is 0.854. The maximum absolute atomic E-state index is 10.7. The zero-order valence-corrected chi connectivity index (χ0v) is 9.12. The highest BCUT2D eigenvalue weighted by Gasteiger charge is 2.09. The minimum atomic E-state index is -1.11. The molecule has 0 aliphatic rings. The van der Waals surface area contributed by atoms with Gasteiger partial charge < -0.3 is 14.7 Å². The van der Waals surface area contributed by atoms with Gasteiger partial charge in [-0.15, -0.1) is 0 Å². The van der Waals surface area contributed by atoms with E-state index in [1.54, 1.807) is 0 Å². The van der Waals surface area contributed by atoms with Gasteiger partial charge in [-0.2, -0.15) is 0 Å². The van der Waals surface area contributed by atoms with E-state index in [2.05, 4.69) is 0 Å². The van der Waals surface area contributed by atoms with Gasteiger partial charge >= 0.3 is 11.9 Å². The zero-order valence-electron chi connectivity index (χ0n) is 9.12. The molecule has 0 saturated carbocycles. The lowest BCUT2D eigenvalue weighted by atomic mass is 10.3. The van der Waals surface area contributed by atoms with Gasteiger partial charge in [-0.1, -0.05) is 0 Å². The molecule has 0 bridgehead atoms. The highest BCUT2D eigenvalue weighted by atomic mass is 16.5. The minimum absolute atomic E-state index is 0.336. The van der Waals surface area contributed by atoms with Crippen molar-refractivity contribution in [3.63, 3.8) is 0 Å². The molecule has 0 unspecified atom stereocenters. The number of amides is 1. The molecule has 0 aliphatic heterocycles. The molecule has 1 amide bonds. The number of carboxylic acid groups (broad SMARTS) is 1. The summed E-state index contributed by atoms with van der Waals surface area (Å²) in [4.78, 5) is 32.9. The summed E-state index contributed by atoms with van der Waals surface area (Å²) in [5, 5.41) is 8.58. The maximum Gasteiger partial charge on any atom is 0.323 e. The molecule has 0 radical (unpaired) electrons. The molecule has 17 heavy (non-hydrogen) atoms. The third-order valence-corrected chi connectivity index (χ3v) is 1.86. The number of rotatable bonds is 5. The van der Waals surface area contributed by atoms with Gasteiger partial charge in [-0.05, 0) is 24.3 Å². The molecule has 1 N–H and O–H groups in total. The average molecular weight is 237 g/mol. The van der Waals surface area contributed by atoms with Crippen LogP contribution in [0.1, 0.15) is 6.92 Å². The summed E-state index contributed by atoms with van der Waals surface area (Å²) in [7, 11) is 0. The Bertz CT molecular complexity index is 426. The van der Waals surface area contributed by atoms with Crippen LogP contribution in [0.25, 0.3) is 0 Å². The average Bonchev–Trinajstić information content (AvgIpc) is 2.26. The second-order valence-corrected chi connectivity index (χ2v) is 3.21. The van der Waals surface area contributed by atoms with E-state index in [1.165, 1.54) is 31.2 Å². The monoisotopic (exact) mass is 237 g/mol. The van der Waals surface area contributed by atoms with Crippen LogP contribution in [0, 0.1) is 0 Å². The maximum atomic E-state index is 10.7. The molecule has 6 heteroatoms. The van der Waals surface area contributed by atoms with E-state index < -0.39 is 18.5 Å². The molecule has 0 fully saturated rings. The standard InChI is InChI=1S/C11H11NO5/c1-8(14)17-10-4-2-9(3-5-10)12(7-13)6-11(15)16/h2-5,7H,6H2,1H3,(H,15,16). The van der Waals surface area contributed by atoms with Gasteiger partial charge in [0.25, 0.3) is 0 Å². The van der Waals surface area contributed by atoms with Crippen LogP contribution < -0.4 is 9.64 Å². The number of esters is 1. The Morgan fingerprint density at radius 1 is 1.35 bits per heavy atom. The fourth-order valence-corrected chi connectivity index (χ4v) is 1.21. The Morgan fingerprint density at radius 3 is 2.35 bits per heavy atom. The van der Waals surface area contributed by atoms with Crippen LogP contribution in [0.2, 0.25) is 0 Å². The number of hydrogen-bond acceptors (Lipinski definition) is 4. The number of aliphatic carboxylic acids is 1. The fourth-order valence-electron chi connectivity index (χ4n) is 1.21. The third-order valence-electron chi connectivity index (χ3n) is 1.86. The third kappa shape index (κ3) is 3.94. The van der Waals surface area contributed by atoms with Crippen LogP contribution in [0.15, 0.2) is 24.3 Å². The van der Waals surface area contributed by atoms with Gasteiger partial charge in [-0.25, -0.2) is 0 Å². The molecular weight excluding hydrogens is 226 g/mol. The van der Waals surface area contributed by atoms with Crippen LogP contribution in [-0.4, -0.2) is 30.0 Å². The normalized spacial score (nSPS) is 9.47. The first kappa shape index (κ1) is 12.7. The SMILES string of the molecule is CC(=O)Oc1ccc(N(C=O)CC(=O)O)cc1. The number of anilines is 1. The van der Waals surface area contributed by atoms with Crippen LogP contribution >= 0.6 is 0 Å². The fraction of sp³-hybridized carbons (Fsp3) is 0.182. The minimum Gasteiger partial charge on any atom is -0.480 e. The Labute approximate surface area is 97.4 Å². The summed E-state index contributed by atoms with van der Waals surface area (Å²) in [5.74, 6) is -1.22. The molecular formula is C11H11NO5. The Hall–Kier alpha value is -2.37. The van der Waals surface area contributed by atoms with Crippen molar-refractivity contribution in [1.82, 2.24) is 0 Å². The first-order valence-corrected chi connectivity index (χ1v) is 4.75. The Kier molecular flexibility index (Phi) is 4.21. The molecule has 1 aromatic carbocycles. The molecule has 90 valence electrons. The number of nitrogens with zero attached hydrogens (tertiary/aromatic N) is 1. The largest absolute Gasteiger partial charge is 0.480 e. The number of carboxylic acids is 1. The summed E-state index contributed by atoms with van der Waals surface area (Å²) < 4.78 is 4.80. The van der Waals surface area contributed by atoms with Crippen molar-refractivity contribution in [2.45, 2.75) is 6.92 Å². The lowest BCUT2D eigenvalue weighted by Crippen LogP contribution is -2.27. The van der Waals surface area contributed by atoms with E-state index in [9.17, 15) is 14.4 Å². The second-order valence-electron chi connectivity index (χ2n) is 3.21. The van der Waals surface area contributed by atoms with E-state index in [1.807, 2.05) is 0 Å². The highest BCUT2D eigenvalue weighted by molar-refractivity contribution is 5.84. The molecule has 1 rings (SSSR count). The van der Waals surface area contributed by atoms with Crippen LogP contribution in [0.5, 0.6) is 5.75 Å². The van der Waals surface area contributed by atoms with E-state index in [4.69, 9.17) is 9.84 Å². The van der Waals surface area contributed by atoms with Crippen molar-refractivity contribution in [3.8, 4) is 5.75 Å². The summed E-state index contributed by atoms with van der Waals surface area (Å²) in [5.41, 5.74) is 0.415. The van der Waals surface area contributed by atoms with Crippen LogP contribution in [0.4, 0.5) is 5.69 Å². The van der Waals surface area contributed by atoms with Crippen LogP contribution in [-0.2, 0) is 14.4 Å². The predicted octanol–water partition coefficient (Wildman–Crippen LogP) is 0.659. The quantitative estimate of drug-likeness (QED) is 0.462. The number of ether oxygens (including phenoxy) is 1. The van der Waals surface area contributed by atoms with Crippen molar-refractivity contribution in [1.29, 1.82) is 0 Å². The molecule has 0 heterocycles. The summed E-state index contributed by atoms with van der Waals surface area (Å²) in [6, 6.07) is 5.95. The van der Waals surface area contributed by atoms with Crippen molar-refractivity contribution in [2.75, 3.05) is 11.4 Å². The lowest BCUT2D eigenvalue weighted by molar-refractivity contribution is -0.136. The Morgan fingerprint density at radius 2 is 1.94 bits per heavy atom. The molecule has 0 spiro atoms. The molecule has 0 aliphatic carbocycles. The van der Waals surface area contributed by atoms with E-state index >= 15 is 0 Å². The molecule has 0 saturated heterocycles. The van der Waals surface area contributed by atoms with Gasteiger partial charge in [0.2, 0.25) is 6.41 Å². The summed E-state index contributed by atoms with van der Waals surface area (Å²) >= 11 is 0. The number of hydrogen-bond donors (Lipinski definition) is 1. The topological polar surface area (TPSA) is 83.9 Å². The van der Waals surface area contributed by atoms with Gasteiger partial charge in [0, 0.05) is 12.6 Å². The Balaban J connectivity index is 2.81. The van der Waals surface area contributed by atoms with Gasteiger partial charge in [0.1, 0.15) is 12.3 Å². The molecule has 1 aromatic rings. The highest BCUT2D eigenvalue weighted by Crippen LogP contribution is 2.18.